The topological polar surface area (TPSA) is 3.24 Å². The van der Waals surface area contributed by atoms with Gasteiger partial charge in [0.1, 0.15) is 0 Å². The van der Waals surface area contributed by atoms with E-state index in [1.165, 1.54) is 38.9 Å². The van der Waals surface area contributed by atoms with E-state index in [0.717, 1.165) is 17.1 Å². The van der Waals surface area contributed by atoms with Crippen LogP contribution in [0, 0.1) is 6.92 Å². The molecule has 0 atom stereocenters. The highest BCUT2D eigenvalue weighted by atomic mass is 15.1. The second-order valence-corrected chi connectivity index (χ2v) is 9.98. The maximum absolute atomic E-state index is 2.39. The first-order valence-corrected chi connectivity index (χ1v) is 12.3. The van der Waals surface area contributed by atoms with Crippen LogP contribution >= 0.6 is 0 Å². The smallest absolute Gasteiger partial charge is 0.0462 e. The number of anilines is 3. The summed E-state index contributed by atoms with van der Waals surface area (Å²) in [4.78, 5) is 2.31. The Labute approximate surface area is 208 Å². The van der Waals surface area contributed by atoms with Gasteiger partial charge in [-0.3, -0.25) is 0 Å². The van der Waals surface area contributed by atoms with Crippen molar-refractivity contribution < 1.29 is 0 Å². The Morgan fingerprint density at radius 3 is 1.74 bits per heavy atom. The molecule has 0 fully saturated rings. The molecule has 1 heteroatoms. The minimum atomic E-state index is 0.0113. The molecule has 35 heavy (non-hydrogen) atoms. The summed E-state index contributed by atoms with van der Waals surface area (Å²) < 4.78 is 0. The summed E-state index contributed by atoms with van der Waals surface area (Å²) in [5, 5.41) is 0. The van der Waals surface area contributed by atoms with E-state index >= 15 is 0 Å². The highest BCUT2D eigenvalue weighted by Gasteiger charge is 2.35. The number of hydrogen-bond donors (Lipinski definition) is 0. The molecular formula is C34H29N. The lowest BCUT2D eigenvalue weighted by Gasteiger charge is -2.26. The van der Waals surface area contributed by atoms with Crippen LogP contribution in [0.1, 0.15) is 30.5 Å². The fourth-order valence-electron chi connectivity index (χ4n) is 5.40. The molecule has 5 aromatic carbocycles. The second-order valence-electron chi connectivity index (χ2n) is 9.98. The second kappa shape index (κ2) is 8.29. The van der Waals surface area contributed by atoms with Crippen LogP contribution in [0.25, 0.3) is 22.3 Å². The van der Waals surface area contributed by atoms with Crippen molar-refractivity contribution in [3.63, 3.8) is 0 Å². The Morgan fingerprint density at radius 1 is 0.486 bits per heavy atom. The van der Waals surface area contributed by atoms with Gasteiger partial charge in [0.05, 0.1) is 0 Å². The highest BCUT2D eigenvalue weighted by molar-refractivity contribution is 5.84. The molecule has 0 aromatic heterocycles. The van der Waals surface area contributed by atoms with E-state index < -0.39 is 0 Å². The van der Waals surface area contributed by atoms with E-state index in [4.69, 9.17) is 0 Å². The van der Waals surface area contributed by atoms with Gasteiger partial charge in [-0.25, -0.2) is 0 Å². The lowest BCUT2D eigenvalue weighted by Crippen LogP contribution is -2.14. The molecule has 0 amide bonds. The molecule has 0 aliphatic heterocycles. The van der Waals surface area contributed by atoms with E-state index in [9.17, 15) is 0 Å². The van der Waals surface area contributed by atoms with Crippen molar-refractivity contribution in [2.24, 2.45) is 0 Å². The highest BCUT2D eigenvalue weighted by Crippen LogP contribution is 2.49. The summed E-state index contributed by atoms with van der Waals surface area (Å²) in [5.41, 5.74) is 12.8. The first kappa shape index (κ1) is 21.4. The van der Waals surface area contributed by atoms with Crippen LogP contribution in [-0.2, 0) is 5.41 Å². The van der Waals surface area contributed by atoms with Crippen molar-refractivity contribution in [3.8, 4) is 22.3 Å². The van der Waals surface area contributed by atoms with Gasteiger partial charge in [0.25, 0.3) is 0 Å². The molecule has 0 saturated carbocycles. The van der Waals surface area contributed by atoms with Gasteiger partial charge in [-0.1, -0.05) is 98.3 Å². The monoisotopic (exact) mass is 451 g/mol. The van der Waals surface area contributed by atoms with Gasteiger partial charge in [-0.05, 0) is 82.8 Å². The molecule has 0 spiro atoms. The van der Waals surface area contributed by atoms with Gasteiger partial charge in [0.2, 0.25) is 0 Å². The molecule has 0 radical (unpaired) electrons. The quantitative estimate of drug-likeness (QED) is 0.263. The van der Waals surface area contributed by atoms with E-state index in [-0.39, 0.29) is 5.41 Å². The fraction of sp³-hybridized carbons (Fsp3) is 0.118. The van der Waals surface area contributed by atoms with Crippen molar-refractivity contribution in [2.75, 3.05) is 4.90 Å². The van der Waals surface area contributed by atoms with Crippen molar-refractivity contribution in [3.05, 3.63) is 138 Å². The zero-order valence-electron chi connectivity index (χ0n) is 20.5. The molecule has 170 valence electrons. The van der Waals surface area contributed by atoms with Crippen molar-refractivity contribution in [1.82, 2.24) is 0 Å². The van der Waals surface area contributed by atoms with E-state index in [1.807, 2.05) is 0 Å². The predicted molar refractivity (Wildman–Crippen MR) is 149 cm³/mol. The Morgan fingerprint density at radius 2 is 1.03 bits per heavy atom. The Bertz CT molecular complexity index is 1490. The molecule has 6 rings (SSSR count). The minimum absolute atomic E-state index is 0.0113. The predicted octanol–water partition coefficient (Wildman–Crippen LogP) is 9.44. The number of fused-ring (bicyclic) bond motifs is 3. The molecule has 5 aromatic rings. The van der Waals surface area contributed by atoms with Crippen LogP contribution in [-0.4, -0.2) is 0 Å². The molecule has 0 bridgehead atoms. The summed E-state index contributed by atoms with van der Waals surface area (Å²) in [6.07, 6.45) is 0. The first-order valence-electron chi connectivity index (χ1n) is 12.3. The lowest BCUT2D eigenvalue weighted by atomic mass is 9.81. The van der Waals surface area contributed by atoms with Crippen molar-refractivity contribution in [1.29, 1.82) is 0 Å². The fourth-order valence-corrected chi connectivity index (χ4v) is 5.40. The molecule has 1 nitrogen and oxygen atoms in total. The van der Waals surface area contributed by atoms with Crippen LogP contribution < -0.4 is 4.90 Å². The molecule has 0 heterocycles. The Balaban J connectivity index is 1.38. The molecular weight excluding hydrogens is 422 g/mol. The summed E-state index contributed by atoms with van der Waals surface area (Å²) in [5.74, 6) is 0. The third-order valence-corrected chi connectivity index (χ3v) is 7.35. The van der Waals surface area contributed by atoms with Crippen molar-refractivity contribution in [2.45, 2.75) is 26.2 Å². The zero-order chi connectivity index (χ0) is 24.0. The summed E-state index contributed by atoms with van der Waals surface area (Å²) >= 11 is 0. The average molecular weight is 452 g/mol. The third kappa shape index (κ3) is 3.65. The standard InChI is InChI=1S/C34H29N/c1-24-13-18-28(19-14-24)35(27-9-5-4-6-10-27)29-20-15-25(16-21-29)26-17-22-31-30-11-7-8-12-32(30)34(2,3)33(31)23-26/h4-23H,1-3H3. The molecule has 0 unspecified atom stereocenters. The van der Waals surface area contributed by atoms with Gasteiger partial charge in [-0.15, -0.1) is 0 Å². The number of aryl methyl sites for hydroxylation is 1. The van der Waals surface area contributed by atoms with Gasteiger partial charge in [0, 0.05) is 22.5 Å². The largest absolute Gasteiger partial charge is 0.311 e. The SMILES string of the molecule is Cc1ccc(N(c2ccccc2)c2ccc(-c3ccc4c(c3)C(C)(C)c3ccccc3-4)cc2)cc1. The van der Waals surface area contributed by atoms with Crippen LogP contribution in [0.15, 0.2) is 121 Å². The van der Waals surface area contributed by atoms with E-state index in [0.29, 0.717) is 0 Å². The van der Waals surface area contributed by atoms with Gasteiger partial charge < -0.3 is 4.90 Å². The van der Waals surface area contributed by atoms with Gasteiger partial charge >= 0.3 is 0 Å². The number of nitrogens with zero attached hydrogens (tertiary/aromatic N) is 1. The van der Waals surface area contributed by atoms with Crippen LogP contribution in [0.3, 0.4) is 0 Å². The van der Waals surface area contributed by atoms with Gasteiger partial charge in [-0.2, -0.15) is 0 Å². The number of para-hydroxylation sites is 1. The minimum Gasteiger partial charge on any atom is -0.311 e. The maximum atomic E-state index is 2.39. The van der Waals surface area contributed by atoms with Gasteiger partial charge in [0.15, 0.2) is 0 Å². The number of benzene rings is 5. The molecule has 1 aliphatic rings. The maximum Gasteiger partial charge on any atom is 0.0462 e. The normalized spacial score (nSPS) is 13.2. The Hall–Kier alpha value is -4.10. The lowest BCUT2D eigenvalue weighted by molar-refractivity contribution is 0.660. The van der Waals surface area contributed by atoms with Crippen molar-refractivity contribution >= 4 is 17.1 Å². The summed E-state index contributed by atoms with van der Waals surface area (Å²) in [6, 6.07) is 44.0. The first-order chi connectivity index (χ1) is 17.0. The molecule has 0 N–H and O–H groups in total. The molecule has 1 aliphatic carbocycles. The third-order valence-electron chi connectivity index (χ3n) is 7.35. The summed E-state index contributed by atoms with van der Waals surface area (Å²) in [6.45, 7) is 6.80. The van der Waals surface area contributed by atoms with E-state index in [1.54, 1.807) is 0 Å². The number of hydrogen-bond acceptors (Lipinski definition) is 1. The van der Waals surface area contributed by atoms with Crippen LogP contribution in [0.4, 0.5) is 17.1 Å². The van der Waals surface area contributed by atoms with E-state index in [2.05, 4.69) is 147 Å². The molecule has 0 saturated heterocycles. The average Bonchev–Trinajstić information content (AvgIpc) is 3.13. The number of rotatable bonds is 4. The zero-order valence-corrected chi connectivity index (χ0v) is 20.5. The summed E-state index contributed by atoms with van der Waals surface area (Å²) in [7, 11) is 0. The Kier molecular flexibility index (Phi) is 5.07. The van der Waals surface area contributed by atoms with Crippen LogP contribution in [0.5, 0.6) is 0 Å². The van der Waals surface area contributed by atoms with Crippen LogP contribution in [0.2, 0.25) is 0 Å².